The predicted molar refractivity (Wildman–Crippen MR) is 119 cm³/mol. The van der Waals surface area contributed by atoms with Crippen molar-refractivity contribution in [3.8, 4) is 0 Å². The number of aryl methyl sites for hydroxylation is 2. The maximum atomic E-state index is 12.8. The number of aliphatic hydroxyl groups excluding tert-OH is 1. The van der Waals surface area contributed by atoms with E-state index in [1.54, 1.807) is 6.07 Å². The van der Waals surface area contributed by atoms with E-state index in [4.69, 9.17) is 9.84 Å². The molecule has 10 heteroatoms. The SMILES string of the molecule is COC(=O)C1=C(Nc2ccc(S(=O)(=O)Nc3cc(C)ccc3C)cc2)C(=O)N(CCO)C1. The summed E-state index contributed by atoms with van der Waals surface area (Å²) in [6.07, 6.45) is 0. The lowest BCUT2D eigenvalue weighted by atomic mass is 10.1. The van der Waals surface area contributed by atoms with Crippen molar-refractivity contribution in [3.05, 3.63) is 64.9 Å². The van der Waals surface area contributed by atoms with Crippen LogP contribution in [0.2, 0.25) is 0 Å². The largest absolute Gasteiger partial charge is 0.466 e. The molecule has 0 spiro atoms. The zero-order valence-electron chi connectivity index (χ0n) is 18.0. The highest BCUT2D eigenvalue weighted by Gasteiger charge is 2.34. The van der Waals surface area contributed by atoms with E-state index < -0.39 is 21.9 Å². The molecule has 0 saturated carbocycles. The minimum Gasteiger partial charge on any atom is -0.466 e. The Bertz CT molecular complexity index is 1170. The van der Waals surface area contributed by atoms with Crippen molar-refractivity contribution in [3.63, 3.8) is 0 Å². The van der Waals surface area contributed by atoms with Gasteiger partial charge < -0.3 is 20.1 Å². The summed E-state index contributed by atoms with van der Waals surface area (Å²) in [5, 5.41) is 12.0. The number of rotatable bonds is 8. The lowest BCUT2D eigenvalue weighted by Gasteiger charge is -2.15. The zero-order chi connectivity index (χ0) is 23.5. The quantitative estimate of drug-likeness (QED) is 0.514. The summed E-state index contributed by atoms with van der Waals surface area (Å²) in [7, 11) is -2.60. The van der Waals surface area contributed by atoms with Crippen molar-refractivity contribution in [2.75, 3.05) is 36.8 Å². The molecule has 3 N–H and O–H groups in total. The zero-order valence-corrected chi connectivity index (χ0v) is 18.8. The van der Waals surface area contributed by atoms with Crippen LogP contribution in [0.5, 0.6) is 0 Å². The van der Waals surface area contributed by atoms with E-state index in [1.165, 1.54) is 36.3 Å². The summed E-state index contributed by atoms with van der Waals surface area (Å²) in [6.45, 7) is 3.54. The van der Waals surface area contributed by atoms with Gasteiger partial charge in [0.05, 0.1) is 36.4 Å². The number of nitrogens with zero attached hydrogens (tertiary/aromatic N) is 1. The van der Waals surface area contributed by atoms with E-state index in [0.717, 1.165) is 11.1 Å². The first kappa shape index (κ1) is 23.3. The smallest absolute Gasteiger partial charge is 0.337 e. The molecule has 0 aromatic heterocycles. The van der Waals surface area contributed by atoms with Crippen LogP contribution in [0.15, 0.2) is 58.6 Å². The predicted octanol–water partition coefficient (Wildman–Crippen LogP) is 1.78. The summed E-state index contributed by atoms with van der Waals surface area (Å²) in [4.78, 5) is 26.0. The molecular weight excluding hydrogens is 434 g/mol. The molecule has 1 aliphatic heterocycles. The third-order valence-corrected chi connectivity index (χ3v) is 6.41. The fraction of sp³-hybridized carbons (Fsp3) is 0.273. The van der Waals surface area contributed by atoms with Gasteiger partial charge >= 0.3 is 5.97 Å². The van der Waals surface area contributed by atoms with E-state index >= 15 is 0 Å². The Hall–Kier alpha value is -3.37. The van der Waals surface area contributed by atoms with Crippen LogP contribution in [0.1, 0.15) is 11.1 Å². The number of sulfonamides is 1. The van der Waals surface area contributed by atoms with Gasteiger partial charge in [0.15, 0.2) is 0 Å². The molecule has 1 amide bonds. The minimum absolute atomic E-state index is 0.0145. The summed E-state index contributed by atoms with van der Waals surface area (Å²) < 4.78 is 32.9. The molecule has 170 valence electrons. The Morgan fingerprint density at radius 3 is 2.47 bits per heavy atom. The van der Waals surface area contributed by atoms with E-state index in [9.17, 15) is 18.0 Å². The molecule has 2 aromatic rings. The van der Waals surface area contributed by atoms with E-state index in [0.29, 0.717) is 11.4 Å². The number of nitrogens with one attached hydrogen (secondary N) is 2. The Morgan fingerprint density at radius 2 is 1.84 bits per heavy atom. The number of aliphatic hydroxyl groups is 1. The van der Waals surface area contributed by atoms with Crippen molar-refractivity contribution < 1.29 is 27.9 Å². The number of hydrogen-bond donors (Lipinski definition) is 3. The van der Waals surface area contributed by atoms with E-state index in [-0.39, 0.29) is 35.9 Å². The second kappa shape index (κ2) is 9.41. The van der Waals surface area contributed by atoms with Gasteiger partial charge in [-0.2, -0.15) is 0 Å². The summed E-state index contributed by atoms with van der Waals surface area (Å²) in [5.41, 5.74) is 2.83. The van der Waals surface area contributed by atoms with Gasteiger partial charge in [-0.3, -0.25) is 9.52 Å². The standard InChI is InChI=1S/C22H25N3O6S/c1-14-4-5-15(2)19(12-14)24-32(29,30)17-8-6-16(7-9-17)23-20-18(22(28)31-3)13-25(10-11-26)21(20)27/h4-9,12,23-24,26H,10-11,13H2,1-3H3. The number of methoxy groups -OCH3 is 1. The molecule has 0 fully saturated rings. The average Bonchev–Trinajstić information content (AvgIpc) is 3.06. The number of hydrogen-bond acceptors (Lipinski definition) is 7. The van der Waals surface area contributed by atoms with Gasteiger partial charge in [-0.05, 0) is 55.3 Å². The maximum Gasteiger partial charge on any atom is 0.337 e. The van der Waals surface area contributed by atoms with Crippen LogP contribution in [-0.2, 0) is 24.3 Å². The topological polar surface area (TPSA) is 125 Å². The van der Waals surface area contributed by atoms with Crippen molar-refractivity contribution in [1.82, 2.24) is 4.90 Å². The highest BCUT2D eigenvalue weighted by molar-refractivity contribution is 7.92. The molecule has 0 saturated heterocycles. The number of amides is 1. The van der Waals surface area contributed by atoms with Crippen molar-refractivity contribution in [2.24, 2.45) is 0 Å². The van der Waals surface area contributed by atoms with Crippen LogP contribution in [0.4, 0.5) is 11.4 Å². The fourth-order valence-corrected chi connectivity index (χ4v) is 4.38. The number of β-amino-alcohol motifs (C(OH)–C–C–N with tert-alkyl or cyclic N) is 1. The Balaban J connectivity index is 1.82. The lowest BCUT2D eigenvalue weighted by Crippen LogP contribution is -2.31. The van der Waals surface area contributed by atoms with E-state index in [2.05, 4.69) is 10.0 Å². The first-order valence-electron chi connectivity index (χ1n) is 9.85. The molecule has 1 heterocycles. The lowest BCUT2D eigenvalue weighted by molar-refractivity contribution is -0.136. The van der Waals surface area contributed by atoms with Crippen LogP contribution < -0.4 is 10.0 Å². The van der Waals surface area contributed by atoms with Gasteiger partial charge in [0.1, 0.15) is 5.70 Å². The molecule has 0 bridgehead atoms. The maximum absolute atomic E-state index is 12.8. The Morgan fingerprint density at radius 1 is 1.16 bits per heavy atom. The van der Waals surface area contributed by atoms with Crippen molar-refractivity contribution in [2.45, 2.75) is 18.7 Å². The van der Waals surface area contributed by atoms with Crippen LogP contribution in [0.3, 0.4) is 0 Å². The molecule has 0 unspecified atom stereocenters. The number of benzene rings is 2. The fourth-order valence-electron chi connectivity index (χ4n) is 3.26. The van der Waals surface area contributed by atoms with Gasteiger partial charge in [0, 0.05) is 12.2 Å². The Kier molecular flexibility index (Phi) is 6.85. The first-order valence-corrected chi connectivity index (χ1v) is 11.3. The second-order valence-electron chi connectivity index (χ2n) is 7.37. The number of carbonyl (C=O) groups excluding carboxylic acids is 2. The molecule has 9 nitrogen and oxygen atoms in total. The molecule has 0 aliphatic carbocycles. The highest BCUT2D eigenvalue weighted by Crippen LogP contribution is 2.25. The number of ether oxygens (including phenoxy) is 1. The molecule has 3 rings (SSSR count). The van der Waals surface area contributed by atoms with Crippen LogP contribution in [0, 0.1) is 13.8 Å². The molecule has 1 aliphatic rings. The second-order valence-corrected chi connectivity index (χ2v) is 9.05. The average molecular weight is 460 g/mol. The summed E-state index contributed by atoms with van der Waals surface area (Å²) in [5.74, 6) is -1.11. The normalized spacial score (nSPS) is 14.0. The van der Waals surface area contributed by atoms with Crippen molar-refractivity contribution >= 4 is 33.3 Å². The molecule has 0 atom stereocenters. The van der Waals surface area contributed by atoms with E-state index in [1.807, 2.05) is 26.0 Å². The van der Waals surface area contributed by atoms with Crippen molar-refractivity contribution in [1.29, 1.82) is 0 Å². The minimum atomic E-state index is -3.82. The third kappa shape index (κ3) is 4.92. The number of carbonyl (C=O) groups is 2. The monoisotopic (exact) mass is 459 g/mol. The molecular formula is C22H25N3O6S. The number of anilines is 2. The van der Waals surface area contributed by atoms with Crippen LogP contribution in [-0.4, -0.2) is 57.1 Å². The molecule has 2 aromatic carbocycles. The number of esters is 1. The molecule has 32 heavy (non-hydrogen) atoms. The third-order valence-electron chi connectivity index (χ3n) is 5.02. The van der Waals surface area contributed by atoms with Crippen LogP contribution in [0.25, 0.3) is 0 Å². The van der Waals surface area contributed by atoms with Crippen LogP contribution >= 0.6 is 0 Å². The van der Waals surface area contributed by atoms with Gasteiger partial charge in [-0.25, -0.2) is 13.2 Å². The van der Waals surface area contributed by atoms with Gasteiger partial charge in [0.2, 0.25) is 0 Å². The first-order chi connectivity index (χ1) is 15.2. The molecule has 0 radical (unpaired) electrons. The summed E-state index contributed by atoms with van der Waals surface area (Å²) in [6, 6.07) is 11.3. The highest BCUT2D eigenvalue weighted by atomic mass is 32.2. The van der Waals surface area contributed by atoms with Gasteiger partial charge in [0.25, 0.3) is 15.9 Å². The van der Waals surface area contributed by atoms with Gasteiger partial charge in [-0.1, -0.05) is 12.1 Å². The Labute approximate surface area is 186 Å². The summed E-state index contributed by atoms with van der Waals surface area (Å²) >= 11 is 0. The van der Waals surface area contributed by atoms with Gasteiger partial charge in [-0.15, -0.1) is 0 Å².